The lowest BCUT2D eigenvalue weighted by atomic mass is 9.99. The molecule has 0 spiro atoms. The number of alkyl halides is 3. The first kappa shape index (κ1) is 27.2. The first-order valence-electron chi connectivity index (χ1n) is 11.3. The molecular formula is C23H20ClF3N8O2S. The third-order valence-corrected chi connectivity index (χ3v) is 7.23. The SMILES string of the molecule is CC(NC(=O)c1cc(N2CCC(C#N)CC2)ncn1)c1ncc(C(=O)Nc2cc(C(F)(F)F)c(Cl)cn2)s1. The van der Waals surface area contributed by atoms with E-state index in [2.05, 4.69) is 36.6 Å². The smallest absolute Gasteiger partial charge is 0.356 e. The topological polar surface area (TPSA) is 137 Å². The molecule has 1 aliphatic heterocycles. The van der Waals surface area contributed by atoms with Gasteiger partial charge in [-0.3, -0.25) is 9.59 Å². The molecule has 2 amide bonds. The number of amides is 2. The standard InChI is InChI=1S/C23H20ClF3N8O2S/c1-12(33-20(36)16-7-19(32-11-31-16)35-4-2-13(8-28)3-5-35)22-30-10-17(38-22)21(37)34-18-6-14(23(25,26)27)15(24)9-29-18/h6-7,9-13H,2-5H2,1H3,(H,33,36)(H,29,34,37). The Morgan fingerprint density at radius 2 is 1.89 bits per heavy atom. The Kier molecular flexibility index (Phi) is 8.08. The minimum atomic E-state index is -4.70. The van der Waals surface area contributed by atoms with Gasteiger partial charge in [-0.15, -0.1) is 11.3 Å². The number of nitriles is 1. The number of hydrogen-bond acceptors (Lipinski definition) is 9. The Morgan fingerprint density at radius 1 is 1.16 bits per heavy atom. The maximum absolute atomic E-state index is 13.1. The normalized spacial score (nSPS) is 15.0. The van der Waals surface area contributed by atoms with Gasteiger partial charge < -0.3 is 15.5 Å². The second kappa shape index (κ2) is 11.3. The van der Waals surface area contributed by atoms with Crippen LogP contribution in [0.15, 0.2) is 30.9 Å². The summed E-state index contributed by atoms with van der Waals surface area (Å²) in [4.78, 5) is 43.6. The predicted molar refractivity (Wildman–Crippen MR) is 133 cm³/mol. The van der Waals surface area contributed by atoms with Crippen LogP contribution in [0.4, 0.5) is 24.8 Å². The van der Waals surface area contributed by atoms with Crippen LogP contribution in [0.2, 0.25) is 5.02 Å². The quantitative estimate of drug-likeness (QED) is 0.447. The summed E-state index contributed by atoms with van der Waals surface area (Å²) in [5.74, 6) is -0.900. The second-order valence-electron chi connectivity index (χ2n) is 8.41. The number of piperidine rings is 1. The Bertz CT molecular complexity index is 1390. The van der Waals surface area contributed by atoms with Gasteiger partial charge in [0.05, 0.1) is 28.9 Å². The van der Waals surface area contributed by atoms with E-state index in [-0.39, 0.29) is 22.3 Å². The van der Waals surface area contributed by atoms with Gasteiger partial charge in [0.1, 0.15) is 33.5 Å². The Balaban J connectivity index is 1.38. The summed E-state index contributed by atoms with van der Waals surface area (Å²) in [5.41, 5.74) is -0.974. The van der Waals surface area contributed by atoms with E-state index >= 15 is 0 Å². The highest BCUT2D eigenvalue weighted by atomic mass is 35.5. The summed E-state index contributed by atoms with van der Waals surface area (Å²) in [6.45, 7) is 2.98. The number of aromatic nitrogens is 4. The van der Waals surface area contributed by atoms with Crippen molar-refractivity contribution in [1.29, 1.82) is 5.26 Å². The predicted octanol–water partition coefficient (Wildman–Crippen LogP) is 4.48. The lowest BCUT2D eigenvalue weighted by Gasteiger charge is -2.30. The largest absolute Gasteiger partial charge is 0.418 e. The minimum absolute atomic E-state index is 0.0155. The molecular weight excluding hydrogens is 545 g/mol. The van der Waals surface area contributed by atoms with Crippen LogP contribution in [-0.2, 0) is 6.18 Å². The second-order valence-corrected chi connectivity index (χ2v) is 9.88. The van der Waals surface area contributed by atoms with Crippen molar-refractivity contribution in [3.8, 4) is 6.07 Å². The van der Waals surface area contributed by atoms with E-state index in [0.717, 1.165) is 30.4 Å². The number of carbonyl (C=O) groups excluding carboxylic acids is 2. The van der Waals surface area contributed by atoms with Crippen molar-refractivity contribution in [2.24, 2.45) is 5.92 Å². The lowest BCUT2D eigenvalue weighted by Crippen LogP contribution is -2.34. The van der Waals surface area contributed by atoms with Gasteiger partial charge in [0, 0.05) is 31.3 Å². The Labute approximate surface area is 223 Å². The van der Waals surface area contributed by atoms with Gasteiger partial charge in [-0.1, -0.05) is 11.6 Å². The van der Waals surface area contributed by atoms with Crippen LogP contribution < -0.4 is 15.5 Å². The van der Waals surface area contributed by atoms with E-state index in [4.69, 9.17) is 16.9 Å². The number of carbonyl (C=O) groups is 2. The molecule has 4 rings (SSSR count). The maximum atomic E-state index is 13.1. The zero-order valence-electron chi connectivity index (χ0n) is 19.8. The lowest BCUT2D eigenvalue weighted by molar-refractivity contribution is -0.137. The van der Waals surface area contributed by atoms with Crippen LogP contribution in [0.5, 0.6) is 0 Å². The number of nitrogens with zero attached hydrogens (tertiary/aromatic N) is 6. The molecule has 38 heavy (non-hydrogen) atoms. The minimum Gasteiger partial charge on any atom is -0.356 e. The third kappa shape index (κ3) is 6.35. The van der Waals surface area contributed by atoms with Crippen LogP contribution in [0.25, 0.3) is 0 Å². The number of rotatable bonds is 6. The molecule has 1 atom stereocenters. The van der Waals surface area contributed by atoms with Crippen LogP contribution in [0.1, 0.15) is 56.5 Å². The van der Waals surface area contributed by atoms with E-state index in [0.29, 0.717) is 30.0 Å². The monoisotopic (exact) mass is 564 g/mol. The number of halogens is 4. The summed E-state index contributed by atoms with van der Waals surface area (Å²) in [7, 11) is 0. The van der Waals surface area contributed by atoms with Crippen molar-refractivity contribution >= 4 is 46.4 Å². The molecule has 0 radical (unpaired) electrons. The fourth-order valence-electron chi connectivity index (χ4n) is 3.71. The molecule has 198 valence electrons. The highest BCUT2D eigenvalue weighted by molar-refractivity contribution is 7.13. The van der Waals surface area contributed by atoms with Crippen LogP contribution in [-0.4, -0.2) is 44.8 Å². The fourth-order valence-corrected chi connectivity index (χ4v) is 4.74. The molecule has 1 fully saturated rings. The molecule has 4 heterocycles. The van der Waals surface area contributed by atoms with Gasteiger partial charge >= 0.3 is 6.18 Å². The summed E-state index contributed by atoms with van der Waals surface area (Å²) < 4.78 is 39.2. The molecule has 0 aliphatic carbocycles. The van der Waals surface area contributed by atoms with Crippen LogP contribution in [0, 0.1) is 17.2 Å². The first-order chi connectivity index (χ1) is 18.0. The molecule has 2 N–H and O–H groups in total. The number of anilines is 2. The van der Waals surface area contributed by atoms with Gasteiger partial charge in [-0.2, -0.15) is 18.4 Å². The molecule has 1 unspecified atom stereocenters. The van der Waals surface area contributed by atoms with Crippen molar-refractivity contribution in [2.75, 3.05) is 23.3 Å². The van der Waals surface area contributed by atoms with Gasteiger partial charge in [0.2, 0.25) is 0 Å². The van der Waals surface area contributed by atoms with Crippen LogP contribution in [0.3, 0.4) is 0 Å². The zero-order valence-corrected chi connectivity index (χ0v) is 21.4. The van der Waals surface area contributed by atoms with Crippen molar-refractivity contribution in [2.45, 2.75) is 32.0 Å². The molecule has 3 aromatic rings. The fraction of sp³-hybridized carbons (Fsp3) is 0.348. The number of hydrogen-bond donors (Lipinski definition) is 2. The summed E-state index contributed by atoms with van der Waals surface area (Å²) >= 11 is 6.52. The molecule has 1 aliphatic rings. The van der Waals surface area contributed by atoms with Gasteiger partial charge in [-0.05, 0) is 25.8 Å². The highest BCUT2D eigenvalue weighted by Crippen LogP contribution is 2.35. The molecule has 3 aromatic heterocycles. The number of nitrogens with one attached hydrogen (secondary N) is 2. The van der Waals surface area contributed by atoms with Gasteiger partial charge in [-0.25, -0.2) is 19.9 Å². The average molecular weight is 565 g/mol. The molecule has 1 saturated heterocycles. The molecule has 0 saturated carbocycles. The molecule has 15 heteroatoms. The Morgan fingerprint density at radius 3 is 2.58 bits per heavy atom. The van der Waals surface area contributed by atoms with E-state index in [9.17, 15) is 22.8 Å². The molecule has 10 nitrogen and oxygen atoms in total. The van der Waals surface area contributed by atoms with Crippen molar-refractivity contribution in [3.63, 3.8) is 0 Å². The zero-order chi connectivity index (χ0) is 27.4. The van der Waals surface area contributed by atoms with E-state index in [1.54, 1.807) is 13.0 Å². The van der Waals surface area contributed by atoms with Gasteiger partial charge in [0.15, 0.2) is 0 Å². The number of thiazole rings is 1. The average Bonchev–Trinajstić information content (AvgIpc) is 3.40. The van der Waals surface area contributed by atoms with Crippen molar-refractivity contribution in [3.05, 3.63) is 57.0 Å². The van der Waals surface area contributed by atoms with Crippen LogP contribution >= 0.6 is 22.9 Å². The third-order valence-electron chi connectivity index (χ3n) is 5.75. The summed E-state index contributed by atoms with van der Waals surface area (Å²) in [6, 6.07) is 3.90. The van der Waals surface area contributed by atoms with E-state index in [1.165, 1.54) is 12.5 Å². The first-order valence-corrected chi connectivity index (χ1v) is 12.5. The molecule has 0 bridgehead atoms. The van der Waals surface area contributed by atoms with E-state index in [1.807, 2.05) is 4.90 Å². The van der Waals surface area contributed by atoms with Crippen molar-refractivity contribution in [1.82, 2.24) is 25.3 Å². The maximum Gasteiger partial charge on any atom is 0.418 e. The Hall–Kier alpha value is -3.83. The summed E-state index contributed by atoms with van der Waals surface area (Å²) in [5, 5.41) is 13.9. The molecule has 0 aromatic carbocycles. The van der Waals surface area contributed by atoms with Crippen molar-refractivity contribution < 1.29 is 22.8 Å². The highest BCUT2D eigenvalue weighted by Gasteiger charge is 2.34. The number of pyridine rings is 1. The van der Waals surface area contributed by atoms with E-state index < -0.39 is 34.6 Å². The van der Waals surface area contributed by atoms with Gasteiger partial charge in [0.25, 0.3) is 11.8 Å². The summed E-state index contributed by atoms with van der Waals surface area (Å²) in [6.07, 6.45) is 0.0948.